The van der Waals surface area contributed by atoms with Crippen LogP contribution >= 0.6 is 24.0 Å². The zero-order chi connectivity index (χ0) is 18.2. The fraction of sp³-hybridized carbons (Fsp3) is 0.562. The van der Waals surface area contributed by atoms with Gasteiger partial charge >= 0.3 is 0 Å². The molecule has 0 saturated heterocycles. The van der Waals surface area contributed by atoms with Crippen LogP contribution in [0, 0.1) is 18.7 Å². The molecule has 3 N–H and O–H groups in total. The van der Waals surface area contributed by atoms with Crippen LogP contribution in [0.1, 0.15) is 25.8 Å². The Morgan fingerprint density at radius 1 is 1.24 bits per heavy atom. The smallest absolute Gasteiger partial charge is 0.234 e. The average molecular weight is 486 g/mol. The number of guanidine groups is 1. The van der Waals surface area contributed by atoms with Crippen molar-refractivity contribution >= 4 is 45.6 Å². The summed E-state index contributed by atoms with van der Waals surface area (Å²) in [5.41, 5.74) is 0.688. The predicted molar refractivity (Wildman–Crippen MR) is 113 cm³/mol. The molecule has 25 heavy (non-hydrogen) atoms. The lowest BCUT2D eigenvalue weighted by molar-refractivity contribution is 0.574. The van der Waals surface area contributed by atoms with Gasteiger partial charge in [0.2, 0.25) is 10.0 Å². The normalized spacial score (nSPS) is 11.8. The molecule has 1 aromatic carbocycles. The molecule has 0 bridgehead atoms. The monoisotopic (exact) mass is 486 g/mol. The van der Waals surface area contributed by atoms with Crippen molar-refractivity contribution in [2.75, 3.05) is 30.6 Å². The minimum Gasteiger partial charge on any atom is -0.356 e. The van der Waals surface area contributed by atoms with Gasteiger partial charge in [-0.3, -0.25) is 9.71 Å². The number of rotatable bonds is 8. The molecule has 0 atom stereocenters. The Labute approximate surface area is 167 Å². The third kappa shape index (κ3) is 9.83. The second kappa shape index (κ2) is 11.5. The van der Waals surface area contributed by atoms with E-state index in [2.05, 4.69) is 34.2 Å². The second-order valence-electron chi connectivity index (χ2n) is 5.99. The Morgan fingerprint density at radius 3 is 2.44 bits per heavy atom. The van der Waals surface area contributed by atoms with Crippen LogP contribution in [0.4, 0.5) is 10.1 Å². The molecule has 0 radical (unpaired) electrons. The molecule has 0 saturated carbocycles. The first-order valence-corrected chi connectivity index (χ1v) is 9.60. The summed E-state index contributed by atoms with van der Waals surface area (Å²) in [6.07, 6.45) is 1.000. The van der Waals surface area contributed by atoms with Gasteiger partial charge in [0.05, 0.1) is 11.4 Å². The highest BCUT2D eigenvalue weighted by molar-refractivity contribution is 14.0. The van der Waals surface area contributed by atoms with Crippen LogP contribution in [0.5, 0.6) is 0 Å². The molecular formula is C16H28FIN4O2S. The lowest BCUT2D eigenvalue weighted by atomic mass is 10.1. The van der Waals surface area contributed by atoms with Crippen LogP contribution in [-0.2, 0) is 10.0 Å². The number of halogens is 2. The van der Waals surface area contributed by atoms with E-state index in [-0.39, 0.29) is 42.0 Å². The molecule has 1 aromatic rings. The van der Waals surface area contributed by atoms with E-state index in [9.17, 15) is 12.8 Å². The number of anilines is 1. The maximum absolute atomic E-state index is 13.5. The summed E-state index contributed by atoms with van der Waals surface area (Å²) in [6.45, 7) is 6.85. The third-order valence-electron chi connectivity index (χ3n) is 3.35. The third-order valence-corrected chi connectivity index (χ3v) is 4.63. The first kappa shape index (κ1) is 23.9. The summed E-state index contributed by atoms with van der Waals surface area (Å²) < 4.78 is 39.9. The van der Waals surface area contributed by atoms with Crippen molar-refractivity contribution in [1.82, 2.24) is 10.6 Å². The highest BCUT2D eigenvalue weighted by atomic mass is 127. The van der Waals surface area contributed by atoms with Gasteiger partial charge in [0, 0.05) is 20.1 Å². The topological polar surface area (TPSA) is 82.6 Å². The first-order valence-electron chi connectivity index (χ1n) is 7.94. The first-order chi connectivity index (χ1) is 11.2. The summed E-state index contributed by atoms with van der Waals surface area (Å²) in [7, 11) is -1.93. The minimum absolute atomic E-state index is 0. The molecule has 0 heterocycles. The van der Waals surface area contributed by atoms with E-state index in [0.29, 0.717) is 17.4 Å². The van der Waals surface area contributed by atoms with Crippen LogP contribution in [0.3, 0.4) is 0 Å². The molecule has 0 unspecified atom stereocenters. The van der Waals surface area contributed by atoms with E-state index in [4.69, 9.17) is 0 Å². The largest absolute Gasteiger partial charge is 0.356 e. The van der Waals surface area contributed by atoms with E-state index >= 15 is 0 Å². The second-order valence-corrected chi connectivity index (χ2v) is 7.84. The summed E-state index contributed by atoms with van der Waals surface area (Å²) in [6, 6.07) is 4.24. The number of aliphatic imine (C=N–C) groups is 1. The number of aryl methyl sites for hydroxylation is 1. The van der Waals surface area contributed by atoms with Crippen molar-refractivity contribution in [3.63, 3.8) is 0 Å². The van der Waals surface area contributed by atoms with E-state index in [1.807, 2.05) is 0 Å². The molecule has 0 aromatic heterocycles. The van der Waals surface area contributed by atoms with Gasteiger partial charge in [-0.1, -0.05) is 19.9 Å². The molecule has 144 valence electrons. The SMILES string of the molecule is CN=C(NCCC(C)C)NCCS(=O)(=O)Nc1ccc(C)c(F)c1.I. The highest BCUT2D eigenvalue weighted by Gasteiger charge is 2.11. The molecule has 0 fully saturated rings. The Balaban J connectivity index is 0.00000576. The fourth-order valence-corrected chi connectivity index (χ4v) is 2.85. The molecule has 0 amide bonds. The molecule has 0 aliphatic rings. The number of hydrogen-bond acceptors (Lipinski definition) is 3. The molecule has 0 aliphatic heterocycles. The highest BCUT2D eigenvalue weighted by Crippen LogP contribution is 2.14. The number of sulfonamides is 1. The lowest BCUT2D eigenvalue weighted by Gasteiger charge is -2.13. The number of benzene rings is 1. The molecule has 6 nitrogen and oxygen atoms in total. The Morgan fingerprint density at radius 2 is 1.88 bits per heavy atom. The lowest BCUT2D eigenvalue weighted by Crippen LogP contribution is -2.40. The van der Waals surface area contributed by atoms with Crippen molar-refractivity contribution in [3.8, 4) is 0 Å². The van der Waals surface area contributed by atoms with Crippen LogP contribution < -0.4 is 15.4 Å². The Hall–Kier alpha value is -1.10. The zero-order valence-corrected chi connectivity index (χ0v) is 18.2. The number of hydrogen-bond donors (Lipinski definition) is 3. The van der Waals surface area contributed by atoms with Crippen LogP contribution in [0.2, 0.25) is 0 Å². The van der Waals surface area contributed by atoms with Crippen molar-refractivity contribution in [3.05, 3.63) is 29.6 Å². The van der Waals surface area contributed by atoms with Gasteiger partial charge in [-0.2, -0.15) is 0 Å². The number of nitrogens with zero attached hydrogens (tertiary/aromatic N) is 1. The summed E-state index contributed by atoms with van der Waals surface area (Å²) in [5.74, 6) is 0.554. The van der Waals surface area contributed by atoms with E-state index < -0.39 is 15.8 Å². The van der Waals surface area contributed by atoms with E-state index in [0.717, 1.165) is 13.0 Å². The quantitative estimate of drug-likeness (QED) is 0.300. The predicted octanol–water partition coefficient (Wildman–Crippen LogP) is 2.70. The zero-order valence-electron chi connectivity index (χ0n) is 15.1. The van der Waals surface area contributed by atoms with E-state index in [1.165, 1.54) is 18.2 Å². The maximum Gasteiger partial charge on any atom is 0.234 e. The summed E-state index contributed by atoms with van der Waals surface area (Å²) in [4.78, 5) is 4.04. The molecular weight excluding hydrogens is 458 g/mol. The van der Waals surface area contributed by atoms with Gasteiger partial charge < -0.3 is 10.6 Å². The van der Waals surface area contributed by atoms with Crippen LogP contribution in [0.15, 0.2) is 23.2 Å². The standard InChI is InChI=1S/C16H27FN4O2S.HI/c1-12(2)7-8-19-16(18-4)20-9-10-24(22,23)21-14-6-5-13(3)15(17)11-14;/h5-6,11-12,21H,7-10H2,1-4H3,(H2,18,19,20);1H. The van der Waals surface area contributed by atoms with Crippen molar-refractivity contribution in [1.29, 1.82) is 0 Å². The van der Waals surface area contributed by atoms with Crippen molar-refractivity contribution < 1.29 is 12.8 Å². The Kier molecular flexibility index (Phi) is 11.0. The van der Waals surface area contributed by atoms with Gasteiger partial charge in [-0.25, -0.2) is 12.8 Å². The van der Waals surface area contributed by atoms with Gasteiger partial charge in [0.25, 0.3) is 0 Å². The summed E-state index contributed by atoms with van der Waals surface area (Å²) >= 11 is 0. The maximum atomic E-state index is 13.5. The molecule has 9 heteroatoms. The molecule has 1 rings (SSSR count). The fourth-order valence-electron chi connectivity index (χ4n) is 1.89. The van der Waals surface area contributed by atoms with Crippen molar-refractivity contribution in [2.45, 2.75) is 27.2 Å². The van der Waals surface area contributed by atoms with Crippen LogP contribution in [0.25, 0.3) is 0 Å². The van der Waals surface area contributed by atoms with Gasteiger partial charge in [0.1, 0.15) is 5.82 Å². The summed E-state index contributed by atoms with van der Waals surface area (Å²) in [5, 5.41) is 6.08. The van der Waals surface area contributed by atoms with Gasteiger partial charge in [0.15, 0.2) is 5.96 Å². The van der Waals surface area contributed by atoms with Crippen LogP contribution in [-0.4, -0.2) is 40.3 Å². The van der Waals surface area contributed by atoms with Crippen molar-refractivity contribution in [2.24, 2.45) is 10.9 Å². The van der Waals surface area contributed by atoms with E-state index in [1.54, 1.807) is 14.0 Å². The minimum atomic E-state index is -3.56. The van der Waals surface area contributed by atoms with Gasteiger partial charge in [-0.15, -0.1) is 24.0 Å². The molecule has 0 aliphatic carbocycles. The van der Waals surface area contributed by atoms with Gasteiger partial charge in [-0.05, 0) is 37.0 Å². The number of nitrogens with one attached hydrogen (secondary N) is 3. The molecule has 0 spiro atoms. The average Bonchev–Trinajstić information content (AvgIpc) is 2.48. The Bertz CT molecular complexity index is 666.